The molecular formula is C18H24N2O. The molecule has 0 radical (unpaired) electrons. The molecule has 4 rings (SSSR count). The monoisotopic (exact) mass is 284 g/mol. The zero-order valence-corrected chi connectivity index (χ0v) is 12.7. The highest BCUT2D eigenvalue weighted by Crippen LogP contribution is 2.26. The van der Waals surface area contributed by atoms with Gasteiger partial charge in [0.25, 0.3) is 0 Å². The predicted octanol–water partition coefficient (Wildman–Crippen LogP) is 3.46. The molecule has 0 bridgehead atoms. The zero-order valence-electron chi connectivity index (χ0n) is 12.7. The SMILES string of the molecule is CC1CCC(Cn2c(CNC3CC3)cc3ccccc32)O1. The van der Waals surface area contributed by atoms with E-state index in [4.69, 9.17) is 4.74 Å². The van der Waals surface area contributed by atoms with Gasteiger partial charge in [0.15, 0.2) is 0 Å². The molecule has 0 amide bonds. The highest BCUT2D eigenvalue weighted by Gasteiger charge is 2.24. The Morgan fingerprint density at radius 2 is 2.05 bits per heavy atom. The molecule has 0 spiro atoms. The molecule has 2 fully saturated rings. The molecule has 1 aromatic heterocycles. The Labute approximate surface area is 126 Å². The molecule has 1 saturated carbocycles. The normalized spacial score (nSPS) is 25.8. The Bertz CT molecular complexity index is 629. The first-order valence-corrected chi connectivity index (χ1v) is 8.25. The van der Waals surface area contributed by atoms with Crippen molar-refractivity contribution in [2.24, 2.45) is 0 Å². The van der Waals surface area contributed by atoms with E-state index in [9.17, 15) is 0 Å². The number of ether oxygens (including phenoxy) is 1. The first kappa shape index (κ1) is 13.4. The molecule has 2 atom stereocenters. The van der Waals surface area contributed by atoms with E-state index in [-0.39, 0.29) is 0 Å². The van der Waals surface area contributed by atoms with Crippen molar-refractivity contribution < 1.29 is 4.74 Å². The standard InChI is InChI=1S/C18H24N2O/c1-13-6-9-17(21-13)12-20-16(11-19-15-7-8-15)10-14-4-2-3-5-18(14)20/h2-5,10,13,15,17,19H,6-9,11-12H2,1H3. The summed E-state index contributed by atoms with van der Waals surface area (Å²) in [5.74, 6) is 0. The molecule has 1 N–H and O–H groups in total. The fourth-order valence-electron chi connectivity index (χ4n) is 3.39. The Kier molecular flexibility index (Phi) is 3.48. The largest absolute Gasteiger partial charge is 0.373 e. The van der Waals surface area contributed by atoms with Gasteiger partial charge in [-0.1, -0.05) is 18.2 Å². The molecule has 2 aliphatic rings. The van der Waals surface area contributed by atoms with Gasteiger partial charge in [-0.2, -0.15) is 0 Å². The zero-order chi connectivity index (χ0) is 14.2. The molecule has 1 aliphatic carbocycles. The lowest BCUT2D eigenvalue weighted by atomic mass is 10.2. The van der Waals surface area contributed by atoms with E-state index in [2.05, 4.69) is 47.1 Å². The van der Waals surface area contributed by atoms with Crippen molar-refractivity contribution in [2.75, 3.05) is 0 Å². The van der Waals surface area contributed by atoms with Gasteiger partial charge in [-0.25, -0.2) is 0 Å². The molecule has 1 aliphatic heterocycles. The average molecular weight is 284 g/mol. The summed E-state index contributed by atoms with van der Waals surface area (Å²) in [5.41, 5.74) is 2.74. The Hall–Kier alpha value is -1.32. The molecule has 3 heteroatoms. The molecule has 1 aromatic carbocycles. The quantitative estimate of drug-likeness (QED) is 0.910. The van der Waals surface area contributed by atoms with Crippen LogP contribution in [0.25, 0.3) is 10.9 Å². The summed E-state index contributed by atoms with van der Waals surface area (Å²) in [4.78, 5) is 0. The van der Waals surface area contributed by atoms with Crippen LogP contribution < -0.4 is 5.32 Å². The van der Waals surface area contributed by atoms with E-state index in [1.54, 1.807) is 0 Å². The topological polar surface area (TPSA) is 26.2 Å². The van der Waals surface area contributed by atoms with Crippen LogP contribution in [0.5, 0.6) is 0 Å². The summed E-state index contributed by atoms with van der Waals surface area (Å²) in [5, 5.41) is 4.99. The molecular weight excluding hydrogens is 260 g/mol. The Morgan fingerprint density at radius 3 is 2.81 bits per heavy atom. The van der Waals surface area contributed by atoms with Crippen molar-refractivity contribution in [1.82, 2.24) is 9.88 Å². The maximum atomic E-state index is 6.04. The summed E-state index contributed by atoms with van der Waals surface area (Å²) >= 11 is 0. The predicted molar refractivity (Wildman–Crippen MR) is 85.4 cm³/mol. The highest BCUT2D eigenvalue weighted by molar-refractivity contribution is 5.81. The minimum Gasteiger partial charge on any atom is -0.373 e. The van der Waals surface area contributed by atoms with Crippen LogP contribution in [0.15, 0.2) is 30.3 Å². The average Bonchev–Trinajstić information content (AvgIpc) is 3.14. The number of aromatic nitrogens is 1. The number of hydrogen-bond donors (Lipinski definition) is 1. The van der Waals surface area contributed by atoms with Gasteiger partial charge in [-0.15, -0.1) is 0 Å². The molecule has 1 saturated heterocycles. The summed E-state index contributed by atoms with van der Waals surface area (Å²) in [7, 11) is 0. The molecule has 2 heterocycles. The highest BCUT2D eigenvalue weighted by atomic mass is 16.5. The van der Waals surface area contributed by atoms with Gasteiger partial charge in [0.2, 0.25) is 0 Å². The number of para-hydroxylation sites is 1. The molecule has 3 nitrogen and oxygen atoms in total. The lowest BCUT2D eigenvalue weighted by Gasteiger charge is -2.16. The summed E-state index contributed by atoms with van der Waals surface area (Å²) in [6.07, 6.45) is 5.84. The Balaban J connectivity index is 1.61. The van der Waals surface area contributed by atoms with Crippen LogP contribution in [0.3, 0.4) is 0 Å². The lowest BCUT2D eigenvalue weighted by Crippen LogP contribution is -2.22. The van der Waals surface area contributed by atoms with E-state index in [1.165, 1.54) is 42.3 Å². The number of hydrogen-bond acceptors (Lipinski definition) is 2. The van der Waals surface area contributed by atoms with Gasteiger partial charge < -0.3 is 14.6 Å². The number of nitrogens with zero attached hydrogens (tertiary/aromatic N) is 1. The van der Waals surface area contributed by atoms with Crippen molar-refractivity contribution in [2.45, 2.75) is 63.9 Å². The van der Waals surface area contributed by atoms with Crippen LogP contribution in [-0.4, -0.2) is 22.8 Å². The second-order valence-corrected chi connectivity index (χ2v) is 6.61. The van der Waals surface area contributed by atoms with Gasteiger partial charge in [-0.3, -0.25) is 0 Å². The van der Waals surface area contributed by atoms with E-state index in [0.29, 0.717) is 12.2 Å². The second kappa shape index (κ2) is 5.47. The number of nitrogens with one attached hydrogen (secondary N) is 1. The Morgan fingerprint density at radius 1 is 1.19 bits per heavy atom. The van der Waals surface area contributed by atoms with Crippen molar-refractivity contribution in [3.8, 4) is 0 Å². The number of benzene rings is 1. The van der Waals surface area contributed by atoms with E-state index in [0.717, 1.165) is 19.1 Å². The first-order valence-electron chi connectivity index (χ1n) is 8.25. The van der Waals surface area contributed by atoms with Crippen LogP contribution >= 0.6 is 0 Å². The van der Waals surface area contributed by atoms with Crippen LogP contribution in [0.2, 0.25) is 0 Å². The fraction of sp³-hybridized carbons (Fsp3) is 0.556. The van der Waals surface area contributed by atoms with Gasteiger partial charge >= 0.3 is 0 Å². The van der Waals surface area contributed by atoms with E-state index in [1.807, 2.05) is 0 Å². The van der Waals surface area contributed by atoms with E-state index >= 15 is 0 Å². The summed E-state index contributed by atoms with van der Waals surface area (Å²) < 4.78 is 8.50. The number of fused-ring (bicyclic) bond motifs is 1. The van der Waals surface area contributed by atoms with Gasteiger partial charge in [-0.05, 0) is 50.1 Å². The molecule has 2 aromatic rings. The van der Waals surface area contributed by atoms with Crippen molar-refractivity contribution in [3.63, 3.8) is 0 Å². The first-order chi connectivity index (χ1) is 10.3. The van der Waals surface area contributed by atoms with Crippen molar-refractivity contribution >= 4 is 10.9 Å². The molecule has 21 heavy (non-hydrogen) atoms. The third-order valence-corrected chi connectivity index (χ3v) is 4.75. The second-order valence-electron chi connectivity index (χ2n) is 6.61. The van der Waals surface area contributed by atoms with Crippen LogP contribution in [-0.2, 0) is 17.8 Å². The van der Waals surface area contributed by atoms with Gasteiger partial charge in [0.1, 0.15) is 0 Å². The fourth-order valence-corrected chi connectivity index (χ4v) is 3.39. The van der Waals surface area contributed by atoms with Crippen molar-refractivity contribution in [3.05, 3.63) is 36.0 Å². The lowest BCUT2D eigenvalue weighted by molar-refractivity contribution is 0.0460. The van der Waals surface area contributed by atoms with Crippen LogP contribution in [0.4, 0.5) is 0 Å². The summed E-state index contributed by atoms with van der Waals surface area (Å²) in [6, 6.07) is 11.8. The molecule has 2 unspecified atom stereocenters. The van der Waals surface area contributed by atoms with Gasteiger partial charge in [0.05, 0.1) is 12.2 Å². The van der Waals surface area contributed by atoms with Gasteiger partial charge in [0, 0.05) is 30.3 Å². The number of rotatable bonds is 5. The maximum Gasteiger partial charge on any atom is 0.0758 e. The van der Waals surface area contributed by atoms with Crippen LogP contribution in [0, 0.1) is 0 Å². The minimum atomic E-state index is 0.371. The van der Waals surface area contributed by atoms with E-state index < -0.39 is 0 Å². The smallest absolute Gasteiger partial charge is 0.0758 e. The third kappa shape index (κ3) is 2.85. The minimum absolute atomic E-state index is 0.371. The molecule has 112 valence electrons. The third-order valence-electron chi connectivity index (χ3n) is 4.75. The maximum absolute atomic E-state index is 6.04. The summed E-state index contributed by atoms with van der Waals surface area (Å²) in [6.45, 7) is 4.14. The van der Waals surface area contributed by atoms with Crippen LogP contribution in [0.1, 0.15) is 38.3 Å². The van der Waals surface area contributed by atoms with Crippen molar-refractivity contribution in [1.29, 1.82) is 0 Å².